The summed E-state index contributed by atoms with van der Waals surface area (Å²) in [7, 11) is 1.20. The van der Waals surface area contributed by atoms with Gasteiger partial charge in [-0.2, -0.15) is 5.06 Å². The second-order valence-electron chi connectivity index (χ2n) is 2.14. The Balaban J connectivity index is 2.36. The zero-order chi connectivity index (χ0) is 8.27. The highest BCUT2D eigenvalue weighted by Crippen LogP contribution is 2.09. The number of methoxy groups -OCH3 is 1. The number of hydrogen-bond donors (Lipinski definition) is 0. The van der Waals surface area contributed by atoms with E-state index in [1.165, 1.54) is 7.11 Å². The molecule has 1 fully saturated rings. The average Bonchev–Trinajstić information content (AvgIpc) is 2.37. The number of hydroxylamine groups is 2. The Morgan fingerprint density at radius 2 is 2.36 bits per heavy atom. The lowest BCUT2D eigenvalue weighted by atomic mass is 10.4. The van der Waals surface area contributed by atoms with Gasteiger partial charge in [-0.15, -0.1) is 0 Å². The summed E-state index contributed by atoms with van der Waals surface area (Å²) in [5.74, 6) is -0.171. The first kappa shape index (κ1) is 7.84. The zero-order valence-corrected chi connectivity index (χ0v) is 6.20. The van der Waals surface area contributed by atoms with Crippen molar-refractivity contribution in [2.24, 2.45) is 0 Å². The SMILES string of the molecule is COC(=O)ON1CCCC1=O. The Labute approximate surface area is 63.8 Å². The second-order valence-corrected chi connectivity index (χ2v) is 2.14. The molecule has 1 amide bonds. The molecule has 0 unspecified atom stereocenters. The first-order valence-corrected chi connectivity index (χ1v) is 3.30. The molecule has 0 aromatic carbocycles. The van der Waals surface area contributed by atoms with E-state index in [9.17, 15) is 9.59 Å². The highest BCUT2D eigenvalue weighted by Gasteiger charge is 2.24. The molecule has 1 heterocycles. The van der Waals surface area contributed by atoms with Crippen LogP contribution in [0, 0.1) is 0 Å². The van der Waals surface area contributed by atoms with Crippen LogP contribution in [0.3, 0.4) is 0 Å². The van der Waals surface area contributed by atoms with E-state index >= 15 is 0 Å². The summed E-state index contributed by atoms with van der Waals surface area (Å²) in [6.07, 6.45) is 0.326. The summed E-state index contributed by atoms with van der Waals surface area (Å²) in [6, 6.07) is 0. The van der Waals surface area contributed by atoms with Crippen molar-refractivity contribution in [2.45, 2.75) is 12.8 Å². The normalized spacial score (nSPS) is 16.8. The molecule has 1 aliphatic heterocycles. The smallest absolute Gasteiger partial charge is 0.436 e. The fourth-order valence-electron chi connectivity index (χ4n) is 0.847. The molecule has 5 heteroatoms. The maximum Gasteiger partial charge on any atom is 0.533 e. The van der Waals surface area contributed by atoms with Crippen molar-refractivity contribution in [1.29, 1.82) is 0 Å². The first-order chi connectivity index (χ1) is 5.24. The van der Waals surface area contributed by atoms with Gasteiger partial charge in [-0.1, -0.05) is 0 Å². The van der Waals surface area contributed by atoms with Crippen LogP contribution in [0.1, 0.15) is 12.8 Å². The van der Waals surface area contributed by atoms with Crippen molar-refractivity contribution < 1.29 is 19.2 Å². The van der Waals surface area contributed by atoms with Crippen molar-refractivity contribution in [1.82, 2.24) is 5.06 Å². The molecular formula is C6H9NO4. The number of carbonyl (C=O) groups is 2. The van der Waals surface area contributed by atoms with Gasteiger partial charge in [-0.3, -0.25) is 4.79 Å². The van der Waals surface area contributed by atoms with Crippen LogP contribution in [0.25, 0.3) is 0 Å². The number of hydrogen-bond acceptors (Lipinski definition) is 4. The quantitative estimate of drug-likeness (QED) is 0.516. The maximum atomic E-state index is 10.8. The summed E-state index contributed by atoms with van der Waals surface area (Å²) in [6.45, 7) is 0.466. The molecule has 0 bridgehead atoms. The lowest BCUT2D eigenvalue weighted by Crippen LogP contribution is -2.28. The van der Waals surface area contributed by atoms with Gasteiger partial charge in [0.25, 0.3) is 5.91 Å². The Kier molecular flexibility index (Phi) is 2.30. The van der Waals surface area contributed by atoms with Gasteiger partial charge in [0, 0.05) is 6.42 Å². The van der Waals surface area contributed by atoms with Crippen LogP contribution >= 0.6 is 0 Å². The van der Waals surface area contributed by atoms with Crippen LogP contribution in [-0.2, 0) is 14.4 Å². The number of carbonyl (C=O) groups excluding carboxylic acids is 2. The summed E-state index contributed by atoms with van der Waals surface area (Å²) >= 11 is 0. The maximum absolute atomic E-state index is 10.8. The van der Waals surface area contributed by atoms with E-state index in [-0.39, 0.29) is 5.91 Å². The molecule has 0 saturated carbocycles. The predicted octanol–water partition coefficient (Wildman–Crippen LogP) is 0.307. The Bertz CT molecular complexity index is 179. The molecule has 1 aliphatic rings. The van der Waals surface area contributed by atoms with E-state index in [1.807, 2.05) is 0 Å². The van der Waals surface area contributed by atoms with Crippen LogP contribution < -0.4 is 0 Å². The lowest BCUT2D eigenvalue weighted by Gasteiger charge is -2.12. The summed E-state index contributed by atoms with van der Waals surface area (Å²) in [4.78, 5) is 25.8. The largest absolute Gasteiger partial charge is 0.533 e. The van der Waals surface area contributed by atoms with Crippen molar-refractivity contribution >= 4 is 12.1 Å². The molecule has 0 N–H and O–H groups in total. The van der Waals surface area contributed by atoms with Gasteiger partial charge in [-0.05, 0) is 6.42 Å². The molecule has 0 spiro atoms. The molecule has 1 saturated heterocycles. The van der Waals surface area contributed by atoms with Crippen LogP contribution in [0.5, 0.6) is 0 Å². The van der Waals surface area contributed by atoms with E-state index in [0.29, 0.717) is 13.0 Å². The minimum atomic E-state index is -0.847. The fraction of sp³-hybridized carbons (Fsp3) is 0.667. The fourth-order valence-corrected chi connectivity index (χ4v) is 0.847. The van der Waals surface area contributed by atoms with Gasteiger partial charge in [0.15, 0.2) is 0 Å². The van der Waals surface area contributed by atoms with Crippen LogP contribution in [-0.4, -0.2) is 30.8 Å². The molecular weight excluding hydrogens is 150 g/mol. The molecule has 1 rings (SSSR count). The zero-order valence-electron chi connectivity index (χ0n) is 6.20. The summed E-state index contributed by atoms with van der Waals surface area (Å²) in [5.41, 5.74) is 0. The molecule has 0 atom stereocenters. The third kappa shape index (κ3) is 1.83. The van der Waals surface area contributed by atoms with E-state index in [1.54, 1.807) is 0 Å². The van der Waals surface area contributed by atoms with Gasteiger partial charge in [0.05, 0.1) is 13.7 Å². The summed E-state index contributed by atoms with van der Waals surface area (Å²) in [5, 5.41) is 1.02. The van der Waals surface area contributed by atoms with E-state index in [4.69, 9.17) is 0 Å². The first-order valence-electron chi connectivity index (χ1n) is 3.30. The molecule has 0 radical (unpaired) electrons. The second kappa shape index (κ2) is 3.23. The topological polar surface area (TPSA) is 55.8 Å². The third-order valence-corrected chi connectivity index (χ3v) is 1.38. The minimum Gasteiger partial charge on any atom is -0.436 e. The molecule has 5 nitrogen and oxygen atoms in total. The molecule has 62 valence electrons. The van der Waals surface area contributed by atoms with Gasteiger partial charge < -0.3 is 9.57 Å². The van der Waals surface area contributed by atoms with Crippen LogP contribution in [0.2, 0.25) is 0 Å². The minimum absolute atomic E-state index is 0.171. The van der Waals surface area contributed by atoms with Gasteiger partial charge in [-0.25, -0.2) is 4.79 Å². The highest BCUT2D eigenvalue weighted by molar-refractivity contribution is 5.78. The van der Waals surface area contributed by atoms with Gasteiger partial charge >= 0.3 is 6.16 Å². The third-order valence-electron chi connectivity index (χ3n) is 1.38. The van der Waals surface area contributed by atoms with Crippen LogP contribution in [0.4, 0.5) is 4.79 Å². The summed E-state index contributed by atoms with van der Waals surface area (Å²) < 4.78 is 4.21. The molecule has 11 heavy (non-hydrogen) atoms. The van der Waals surface area contributed by atoms with Crippen molar-refractivity contribution in [2.75, 3.05) is 13.7 Å². The van der Waals surface area contributed by atoms with Gasteiger partial charge in [0.2, 0.25) is 0 Å². The van der Waals surface area contributed by atoms with Crippen molar-refractivity contribution in [3.05, 3.63) is 0 Å². The van der Waals surface area contributed by atoms with Crippen molar-refractivity contribution in [3.8, 4) is 0 Å². The highest BCUT2D eigenvalue weighted by atomic mass is 16.8. The van der Waals surface area contributed by atoms with E-state index in [2.05, 4.69) is 9.57 Å². The molecule has 0 aromatic heterocycles. The average molecular weight is 159 g/mol. The standard InChI is InChI=1S/C6H9NO4/c1-10-6(9)11-7-4-2-3-5(7)8/h2-4H2,1H3. The van der Waals surface area contributed by atoms with E-state index in [0.717, 1.165) is 11.5 Å². The monoisotopic (exact) mass is 159 g/mol. The number of ether oxygens (including phenoxy) is 1. The Morgan fingerprint density at radius 3 is 2.82 bits per heavy atom. The number of amides is 1. The lowest BCUT2D eigenvalue weighted by molar-refractivity contribution is -0.163. The van der Waals surface area contributed by atoms with Gasteiger partial charge in [0.1, 0.15) is 0 Å². The Hall–Kier alpha value is -1.26. The predicted molar refractivity (Wildman–Crippen MR) is 34.4 cm³/mol. The molecule has 0 aromatic rings. The molecule has 0 aliphatic carbocycles. The Morgan fingerprint density at radius 1 is 1.64 bits per heavy atom. The van der Waals surface area contributed by atoms with E-state index < -0.39 is 6.16 Å². The number of nitrogens with zero attached hydrogens (tertiary/aromatic N) is 1. The van der Waals surface area contributed by atoms with Crippen molar-refractivity contribution in [3.63, 3.8) is 0 Å². The van der Waals surface area contributed by atoms with Crippen LogP contribution in [0.15, 0.2) is 0 Å². The number of rotatable bonds is 1.